The lowest BCUT2D eigenvalue weighted by atomic mass is 10.1. The zero-order valence-corrected chi connectivity index (χ0v) is 13.9. The van der Waals surface area contributed by atoms with Gasteiger partial charge < -0.3 is 18.9 Å². The van der Waals surface area contributed by atoms with Crippen LogP contribution in [0.15, 0.2) is 36.4 Å². The van der Waals surface area contributed by atoms with Gasteiger partial charge in [-0.05, 0) is 42.0 Å². The molecule has 5 nitrogen and oxygen atoms in total. The molecule has 24 heavy (non-hydrogen) atoms. The molecule has 1 aliphatic heterocycles. The van der Waals surface area contributed by atoms with E-state index >= 15 is 0 Å². The van der Waals surface area contributed by atoms with Crippen LogP contribution in [-0.2, 0) is 0 Å². The van der Waals surface area contributed by atoms with Crippen LogP contribution in [0, 0.1) is 0 Å². The molecule has 0 unspecified atom stereocenters. The van der Waals surface area contributed by atoms with Crippen LogP contribution in [0.2, 0.25) is 5.02 Å². The quantitative estimate of drug-likeness (QED) is 0.605. The molecule has 0 radical (unpaired) electrons. The van der Waals surface area contributed by atoms with E-state index in [1.54, 1.807) is 43.5 Å². The maximum atomic E-state index is 12.5. The molecule has 0 aromatic heterocycles. The number of halogens is 1. The highest BCUT2D eigenvalue weighted by atomic mass is 35.5. The number of ether oxygens (including phenoxy) is 4. The molecule has 2 aromatic rings. The Labute approximate surface area is 144 Å². The summed E-state index contributed by atoms with van der Waals surface area (Å²) in [5.41, 5.74) is 1.15. The first kappa shape index (κ1) is 16.2. The molecule has 0 aliphatic carbocycles. The molecule has 0 fully saturated rings. The van der Waals surface area contributed by atoms with Crippen molar-refractivity contribution in [2.75, 3.05) is 21.0 Å². The van der Waals surface area contributed by atoms with E-state index in [0.29, 0.717) is 33.6 Å². The highest BCUT2D eigenvalue weighted by Gasteiger charge is 2.18. The highest BCUT2D eigenvalue weighted by Crippen LogP contribution is 2.40. The maximum absolute atomic E-state index is 12.5. The molecule has 0 bridgehead atoms. The average molecular weight is 347 g/mol. The predicted octanol–water partition coefficient (Wildman–Crippen LogP) is 3.98. The van der Waals surface area contributed by atoms with Crippen molar-refractivity contribution in [2.45, 2.75) is 0 Å². The Kier molecular flexibility index (Phi) is 4.62. The van der Waals surface area contributed by atoms with E-state index in [1.807, 2.05) is 0 Å². The van der Waals surface area contributed by atoms with E-state index in [0.717, 1.165) is 5.56 Å². The number of allylic oxidation sites excluding steroid dienone is 1. The Morgan fingerprint density at radius 1 is 1.17 bits per heavy atom. The van der Waals surface area contributed by atoms with Gasteiger partial charge in [0.1, 0.15) is 11.5 Å². The molecule has 124 valence electrons. The van der Waals surface area contributed by atoms with Gasteiger partial charge in [0, 0.05) is 0 Å². The summed E-state index contributed by atoms with van der Waals surface area (Å²) in [4.78, 5) is 12.5. The van der Waals surface area contributed by atoms with Crippen LogP contribution in [0.1, 0.15) is 15.9 Å². The summed E-state index contributed by atoms with van der Waals surface area (Å²) in [6.07, 6.45) is 3.11. The first-order valence-corrected chi connectivity index (χ1v) is 7.53. The molecule has 2 aromatic carbocycles. The van der Waals surface area contributed by atoms with Gasteiger partial charge in [-0.3, -0.25) is 4.79 Å². The molecule has 0 spiro atoms. The summed E-state index contributed by atoms with van der Waals surface area (Å²) < 4.78 is 21.0. The molecule has 1 aliphatic rings. The summed E-state index contributed by atoms with van der Waals surface area (Å²) in [5.74, 6) is 1.94. The third-order valence-corrected chi connectivity index (χ3v) is 3.83. The van der Waals surface area contributed by atoms with Crippen molar-refractivity contribution in [3.63, 3.8) is 0 Å². The van der Waals surface area contributed by atoms with Crippen molar-refractivity contribution < 1.29 is 23.7 Å². The van der Waals surface area contributed by atoms with E-state index < -0.39 is 0 Å². The second-order valence-corrected chi connectivity index (χ2v) is 5.41. The zero-order chi connectivity index (χ0) is 17.1. The van der Waals surface area contributed by atoms with Crippen LogP contribution >= 0.6 is 11.6 Å². The number of hydrogen-bond acceptors (Lipinski definition) is 5. The minimum absolute atomic E-state index is 0.141. The number of fused-ring (bicyclic) bond motifs is 1. The number of ketones is 1. The Bertz CT molecular complexity index is 813. The fraction of sp³-hybridized carbons (Fsp3) is 0.167. The Morgan fingerprint density at radius 2 is 2.00 bits per heavy atom. The van der Waals surface area contributed by atoms with Crippen LogP contribution in [0.25, 0.3) is 6.08 Å². The molecular formula is C18H15ClO5. The lowest BCUT2D eigenvalue weighted by molar-refractivity contribution is 0.104. The molecule has 0 amide bonds. The van der Waals surface area contributed by atoms with Gasteiger partial charge in [-0.2, -0.15) is 0 Å². The third kappa shape index (κ3) is 3.16. The first-order chi connectivity index (χ1) is 11.6. The summed E-state index contributed by atoms with van der Waals surface area (Å²) in [6, 6.07) is 8.54. The first-order valence-electron chi connectivity index (χ1n) is 7.16. The number of benzene rings is 2. The molecule has 6 heteroatoms. The lowest BCUT2D eigenvalue weighted by Gasteiger charge is -2.08. The van der Waals surface area contributed by atoms with Crippen molar-refractivity contribution in [1.82, 2.24) is 0 Å². The molecule has 3 rings (SSSR count). The molecule has 0 saturated heterocycles. The van der Waals surface area contributed by atoms with E-state index in [9.17, 15) is 4.79 Å². The second kappa shape index (κ2) is 6.84. The fourth-order valence-electron chi connectivity index (χ4n) is 2.35. The van der Waals surface area contributed by atoms with Crippen molar-refractivity contribution >= 4 is 23.5 Å². The highest BCUT2D eigenvalue weighted by molar-refractivity contribution is 6.32. The average Bonchev–Trinajstić information content (AvgIpc) is 3.08. The summed E-state index contributed by atoms with van der Waals surface area (Å²) in [6.45, 7) is 0.141. The van der Waals surface area contributed by atoms with Gasteiger partial charge in [-0.25, -0.2) is 0 Å². The number of rotatable bonds is 5. The van der Waals surface area contributed by atoms with E-state index in [4.69, 9.17) is 30.5 Å². The van der Waals surface area contributed by atoms with Gasteiger partial charge in [0.05, 0.1) is 24.8 Å². The van der Waals surface area contributed by atoms with Crippen LogP contribution in [0.3, 0.4) is 0 Å². The molecule has 1 heterocycles. The summed E-state index contributed by atoms with van der Waals surface area (Å²) in [7, 11) is 3.06. The van der Waals surface area contributed by atoms with E-state index in [1.165, 1.54) is 13.2 Å². The Morgan fingerprint density at radius 3 is 2.75 bits per heavy atom. The standard InChI is InChI=1S/C18H15ClO5/c1-21-12-4-6-16(22-2)13(9-12)15(20)5-3-11-7-14(19)18-17(8-11)23-10-24-18/h3-9H,10H2,1-2H3/b5-3+. The normalized spacial score (nSPS) is 12.5. The Balaban J connectivity index is 1.87. The largest absolute Gasteiger partial charge is 0.497 e. The predicted molar refractivity (Wildman–Crippen MR) is 90.5 cm³/mol. The van der Waals surface area contributed by atoms with Crippen molar-refractivity contribution in [2.24, 2.45) is 0 Å². The number of hydrogen-bond donors (Lipinski definition) is 0. The van der Waals surface area contributed by atoms with Gasteiger partial charge in [0.2, 0.25) is 6.79 Å². The number of carbonyl (C=O) groups is 1. The van der Waals surface area contributed by atoms with E-state index in [2.05, 4.69) is 0 Å². The summed E-state index contributed by atoms with van der Waals surface area (Å²) in [5, 5.41) is 0.441. The zero-order valence-electron chi connectivity index (χ0n) is 13.2. The molecule has 0 N–H and O–H groups in total. The van der Waals surface area contributed by atoms with Crippen molar-refractivity contribution in [3.05, 3.63) is 52.6 Å². The van der Waals surface area contributed by atoms with Gasteiger partial charge in [-0.1, -0.05) is 17.7 Å². The second-order valence-electron chi connectivity index (χ2n) is 5.00. The van der Waals surface area contributed by atoms with Crippen LogP contribution in [0.5, 0.6) is 23.0 Å². The monoisotopic (exact) mass is 346 g/mol. The minimum atomic E-state index is -0.209. The summed E-state index contributed by atoms with van der Waals surface area (Å²) >= 11 is 6.13. The van der Waals surface area contributed by atoms with Crippen molar-refractivity contribution in [3.8, 4) is 23.0 Å². The fourth-order valence-corrected chi connectivity index (χ4v) is 2.63. The lowest BCUT2D eigenvalue weighted by Crippen LogP contribution is -1.99. The Hall–Kier alpha value is -2.66. The minimum Gasteiger partial charge on any atom is -0.497 e. The molecule has 0 saturated carbocycles. The topological polar surface area (TPSA) is 54.0 Å². The number of methoxy groups -OCH3 is 2. The van der Waals surface area contributed by atoms with Gasteiger partial charge >= 0.3 is 0 Å². The van der Waals surface area contributed by atoms with Gasteiger partial charge in [-0.15, -0.1) is 0 Å². The number of carbonyl (C=O) groups excluding carboxylic acids is 1. The van der Waals surface area contributed by atoms with E-state index in [-0.39, 0.29) is 12.6 Å². The van der Waals surface area contributed by atoms with Crippen LogP contribution in [0.4, 0.5) is 0 Å². The van der Waals surface area contributed by atoms with Gasteiger partial charge in [0.15, 0.2) is 17.3 Å². The van der Waals surface area contributed by atoms with Crippen LogP contribution < -0.4 is 18.9 Å². The van der Waals surface area contributed by atoms with Gasteiger partial charge in [0.25, 0.3) is 0 Å². The molecule has 0 atom stereocenters. The van der Waals surface area contributed by atoms with Crippen LogP contribution in [-0.4, -0.2) is 26.8 Å². The SMILES string of the molecule is COc1ccc(OC)c(C(=O)/C=C/c2cc(Cl)c3c(c2)OCO3)c1. The third-order valence-electron chi connectivity index (χ3n) is 3.55. The smallest absolute Gasteiger partial charge is 0.231 e. The molecular weight excluding hydrogens is 332 g/mol. The maximum Gasteiger partial charge on any atom is 0.231 e. The van der Waals surface area contributed by atoms with Crippen molar-refractivity contribution in [1.29, 1.82) is 0 Å².